The molecule has 16 unspecified atom stereocenters. The van der Waals surface area contributed by atoms with Gasteiger partial charge in [-0.1, -0.05) is 373 Å². The van der Waals surface area contributed by atoms with Crippen molar-refractivity contribution in [3.63, 3.8) is 0 Å². The second-order valence-electron chi connectivity index (χ2n) is 52.0. The Morgan fingerprint density at radius 3 is 1.35 bits per heavy atom. The summed E-state index contributed by atoms with van der Waals surface area (Å²) in [7, 11) is 0. The topological polar surface area (TPSA) is 49.7 Å². The van der Waals surface area contributed by atoms with Crippen molar-refractivity contribution in [1.82, 2.24) is 0 Å². The number of ether oxygens (including phenoxy) is 1. The summed E-state index contributed by atoms with van der Waals surface area (Å²) in [4.78, 5) is 0. The van der Waals surface area contributed by atoms with Crippen molar-refractivity contribution in [3.05, 3.63) is 226 Å². The number of aryl methyl sites for hydroxylation is 1. The molecular weight excluding hydrogens is 1620 g/mol. The number of hydrogen-bond acceptors (Lipinski definition) is 3. The van der Waals surface area contributed by atoms with Crippen LogP contribution in [0.25, 0.3) is 0 Å². The van der Waals surface area contributed by atoms with Gasteiger partial charge in [-0.05, 0) is 427 Å². The number of benzene rings is 1. The van der Waals surface area contributed by atoms with Crippen LogP contribution in [0.1, 0.15) is 427 Å². The van der Waals surface area contributed by atoms with Crippen molar-refractivity contribution in [3.8, 4) is 0 Å². The monoisotopic (exact) mass is 1840 g/mol. The molecule has 134 heavy (non-hydrogen) atoms. The molecule has 21 aliphatic rings. The summed E-state index contributed by atoms with van der Waals surface area (Å²) >= 11 is 0. The van der Waals surface area contributed by atoms with Crippen LogP contribution < -0.4 is 0 Å². The Bertz CT molecular complexity index is 4250. The first-order valence-corrected chi connectivity index (χ1v) is 55.0. The quantitative estimate of drug-likeness (QED) is 0.279. The Balaban J connectivity index is 0.000000223. The third kappa shape index (κ3) is 34.1. The fourth-order valence-corrected chi connectivity index (χ4v) is 24.9. The zero-order valence-electron chi connectivity index (χ0n) is 94.4. The largest absolute Gasteiger partial charge is 0.393 e. The molecule has 0 aromatic heterocycles. The van der Waals surface area contributed by atoms with Crippen LogP contribution in [0.5, 0.6) is 0 Å². The summed E-state index contributed by atoms with van der Waals surface area (Å²) in [5.41, 5.74) is 25.2. The molecule has 10 saturated carbocycles. The molecule has 0 amide bonds. The van der Waals surface area contributed by atoms with E-state index >= 15 is 0 Å². The fourth-order valence-electron chi connectivity index (χ4n) is 24.9. The fraction of sp³-hybridized carbons (Fsp3) is 0.710. The van der Waals surface area contributed by atoms with Crippen LogP contribution in [0.15, 0.2) is 220 Å². The molecule has 2 saturated heterocycles. The van der Waals surface area contributed by atoms with Crippen molar-refractivity contribution >= 4 is 0 Å². The highest BCUT2D eigenvalue weighted by Gasteiger charge is 2.61. The van der Waals surface area contributed by atoms with E-state index in [0.717, 1.165) is 131 Å². The summed E-state index contributed by atoms with van der Waals surface area (Å²) in [5.74, 6) is 16.1. The second-order valence-corrected chi connectivity index (χ2v) is 52.0. The van der Waals surface area contributed by atoms with Crippen molar-refractivity contribution in [2.45, 2.75) is 452 Å². The minimum atomic E-state index is -0.231. The predicted octanol–water partition coefficient (Wildman–Crippen LogP) is 39.1. The van der Waals surface area contributed by atoms with Crippen LogP contribution in [0.3, 0.4) is 0 Å². The number of aliphatic hydroxyl groups is 2. The Labute approximate surface area is 832 Å². The lowest BCUT2D eigenvalue weighted by Crippen LogP contribution is -2.53. The molecule has 756 valence electrons. The van der Waals surface area contributed by atoms with Crippen LogP contribution in [0, 0.1) is 152 Å². The van der Waals surface area contributed by atoms with Gasteiger partial charge in [-0.25, -0.2) is 0 Å². The van der Waals surface area contributed by atoms with Gasteiger partial charge in [0.25, 0.3) is 0 Å². The van der Waals surface area contributed by atoms with E-state index in [1.807, 2.05) is 32.0 Å². The normalized spacial score (nSPS) is 32.8. The van der Waals surface area contributed by atoms with Gasteiger partial charge in [0.1, 0.15) is 0 Å². The molecule has 22 rings (SSSR count). The van der Waals surface area contributed by atoms with E-state index in [9.17, 15) is 10.2 Å². The lowest BCUT2D eigenvalue weighted by molar-refractivity contribution is -0.229. The maximum Gasteiger partial charge on any atom is 0.0753 e. The molecule has 2 N–H and O–H groups in total. The van der Waals surface area contributed by atoms with Crippen LogP contribution >= 0.6 is 0 Å². The summed E-state index contributed by atoms with van der Waals surface area (Å²) in [6.45, 7) is 99.2. The third-order valence-corrected chi connectivity index (χ3v) is 37.5. The molecule has 12 fully saturated rings. The van der Waals surface area contributed by atoms with Gasteiger partial charge in [0.2, 0.25) is 0 Å². The third-order valence-electron chi connectivity index (χ3n) is 37.5. The van der Waals surface area contributed by atoms with E-state index in [-0.39, 0.29) is 28.8 Å². The second kappa shape index (κ2) is 52.1. The van der Waals surface area contributed by atoms with Gasteiger partial charge in [-0.2, -0.15) is 0 Å². The summed E-state index contributed by atoms with van der Waals surface area (Å²) in [6.07, 6.45) is 67.0. The highest BCUT2D eigenvalue weighted by Crippen LogP contribution is 2.67. The molecule has 2 aliphatic heterocycles. The number of hydrogen-bond donors (Lipinski definition) is 2. The van der Waals surface area contributed by atoms with Gasteiger partial charge in [0, 0.05) is 0 Å². The Morgan fingerprint density at radius 2 is 1.01 bits per heavy atom. The minimum Gasteiger partial charge on any atom is -0.393 e. The zero-order valence-corrected chi connectivity index (χ0v) is 94.4. The molecule has 0 radical (unpaired) electrons. The SMILES string of the molecule is C=C(C)C1CC=C(C)C(O)C1.C=C(C)C1CC=C(C)CC1.C=C1C2CCC(C2)C1(C)C.C=C1C=CC(C(C)C)CC1.C=C1CCC2CC1C2(C)C.CC(C)C.CC1(C)C2CCC1(C)C(O)C2.CC12CCC(CC1)C(C)(C)O2.CC1=CC=C(C(C)C)CC1.CC1=CCC(C(C)C)=CC1.CC1=CCC(C(C)C)C=C1.CC1=CCC2C(C1)C2(C)C.CC1=CCC2CC1C2(C)C.Cc1ccccc1. The van der Waals surface area contributed by atoms with E-state index < -0.39 is 0 Å². The summed E-state index contributed by atoms with van der Waals surface area (Å²) in [6, 6.07) is 10.3. The lowest BCUT2D eigenvalue weighted by Gasteiger charge is -2.57. The van der Waals surface area contributed by atoms with Crippen molar-refractivity contribution in [2.75, 3.05) is 0 Å². The molecular formula is C131H214O3. The number of rotatable bonds is 6. The minimum absolute atomic E-state index is 0.0313. The van der Waals surface area contributed by atoms with E-state index in [4.69, 9.17) is 4.74 Å². The Kier molecular flexibility index (Phi) is 45.7. The number of fused-ring (bicyclic) bond motifs is 11. The first-order valence-electron chi connectivity index (χ1n) is 55.0. The van der Waals surface area contributed by atoms with Gasteiger partial charge >= 0.3 is 0 Å². The Morgan fingerprint density at radius 1 is 0.433 bits per heavy atom. The maximum atomic E-state index is 9.81. The molecule has 16 atom stereocenters. The first-order chi connectivity index (χ1) is 62.2. The average Bonchev–Trinajstić information content (AvgIpc) is 1.56. The molecule has 0 spiro atoms. The lowest BCUT2D eigenvalue weighted by atomic mass is 9.47. The Hall–Kier alpha value is -5.06. The van der Waals surface area contributed by atoms with Crippen molar-refractivity contribution < 1.29 is 14.9 Å². The van der Waals surface area contributed by atoms with Crippen molar-refractivity contribution in [1.29, 1.82) is 0 Å². The van der Waals surface area contributed by atoms with Gasteiger partial charge < -0.3 is 14.9 Å². The zero-order chi connectivity index (χ0) is 101. The molecule has 3 heteroatoms. The van der Waals surface area contributed by atoms with E-state index in [0.29, 0.717) is 33.0 Å². The molecule has 10 bridgehead atoms. The summed E-state index contributed by atoms with van der Waals surface area (Å²) in [5, 5.41) is 19.3. The van der Waals surface area contributed by atoms with E-state index in [1.165, 1.54) is 217 Å². The highest BCUT2D eigenvalue weighted by molar-refractivity contribution is 5.28. The maximum absolute atomic E-state index is 9.81. The highest BCUT2D eigenvalue weighted by atomic mass is 16.5. The van der Waals surface area contributed by atoms with Gasteiger partial charge in [-0.15, -0.1) is 0 Å². The van der Waals surface area contributed by atoms with E-state index in [2.05, 4.69) is 352 Å². The molecule has 1 aromatic carbocycles. The smallest absolute Gasteiger partial charge is 0.0753 e. The molecule has 2 heterocycles. The average molecular weight is 1840 g/mol. The summed E-state index contributed by atoms with van der Waals surface area (Å²) < 4.78 is 6.06. The molecule has 19 aliphatic carbocycles. The van der Waals surface area contributed by atoms with Crippen LogP contribution in [0.2, 0.25) is 0 Å². The first kappa shape index (κ1) is 118. The number of aliphatic hydroxyl groups excluding tert-OH is 2. The van der Waals surface area contributed by atoms with Gasteiger partial charge in [-0.3, -0.25) is 0 Å². The van der Waals surface area contributed by atoms with Crippen LogP contribution in [-0.4, -0.2) is 33.6 Å². The van der Waals surface area contributed by atoms with Crippen LogP contribution in [0.4, 0.5) is 0 Å². The number of allylic oxidation sites excluding steroid dienone is 26. The standard InChI is InChI=1S/2C10H18O.C10H16O.9C10H16.C7H8.C4H10/c1-9(2)8-4-6-10(3,11-9)7-5-8;1-9(2)7-4-5-10(9,3)8(11)6-7;1-7(2)9-5-4-8(3)10(11)6-9;1-7-8-4-5-9(6-8)10(7,2)3;2*1-7-4-5-8-6-9(7)10(8,2)3;1-7-4-5-8-9(6-7)10(8,2)3;5*1-8(2)10-6-4-9(3)5-7-10;1-7-5-3-2-4-6-7;1-4(2)3/h8H,4-7H2,1-3H3;7-8,11H,4-6H2,1-3H3;4,9-11H,1,5-6H2,2-3H3;8-9H,1,4-6H2,2-3H3;4,8-9H,5-6H2,1-3H3;8-9H,1,4-6H2,2-3H3;4,8-9H,5-6H2,1-3H3;4,7-8H,5-6H2,1-3H3;4,6,8H,5,7H2,1-3H3;4-6,8,10H,7H2,1-3H3;4,6,8,10H,3,5,7H2,1-2H3;4,10H,1,5-7H2,2-3H3;2-6H,1H3;4H,1-3H3. The van der Waals surface area contributed by atoms with Crippen LogP contribution in [-0.2, 0) is 4.74 Å². The van der Waals surface area contributed by atoms with E-state index in [1.54, 1.807) is 27.9 Å². The van der Waals surface area contributed by atoms with Crippen molar-refractivity contribution in [2.24, 2.45) is 145 Å². The molecule has 3 nitrogen and oxygen atoms in total. The molecule has 1 aromatic rings. The van der Waals surface area contributed by atoms with Gasteiger partial charge in [0.05, 0.1) is 23.4 Å². The van der Waals surface area contributed by atoms with Gasteiger partial charge in [0.15, 0.2) is 0 Å². The predicted molar refractivity (Wildman–Crippen MR) is 594 cm³/mol.